The maximum Gasteiger partial charge on any atom is 0.223 e. The van der Waals surface area contributed by atoms with Crippen molar-refractivity contribution in [2.45, 2.75) is 39.0 Å². The summed E-state index contributed by atoms with van der Waals surface area (Å²) < 4.78 is 0. The highest BCUT2D eigenvalue weighted by molar-refractivity contribution is 5.80. The Hall–Kier alpha value is -0.570. The third kappa shape index (κ3) is 3.78. The van der Waals surface area contributed by atoms with Crippen LogP contribution in [0.5, 0.6) is 0 Å². The molecule has 1 atom stereocenters. The lowest BCUT2D eigenvalue weighted by atomic mass is 10.0. The summed E-state index contributed by atoms with van der Waals surface area (Å²) in [5.74, 6) is 1.50. The van der Waals surface area contributed by atoms with Crippen LogP contribution >= 0.6 is 0 Å². The van der Waals surface area contributed by atoms with Crippen molar-refractivity contribution in [1.29, 1.82) is 0 Å². The molecule has 3 heteroatoms. The van der Waals surface area contributed by atoms with Gasteiger partial charge in [-0.2, -0.15) is 0 Å². The van der Waals surface area contributed by atoms with Gasteiger partial charge in [0.2, 0.25) is 5.91 Å². The summed E-state index contributed by atoms with van der Waals surface area (Å²) in [7, 11) is 0. The number of amides is 1. The van der Waals surface area contributed by atoms with E-state index >= 15 is 0 Å². The summed E-state index contributed by atoms with van der Waals surface area (Å²) in [5, 5.41) is 3.03. The van der Waals surface area contributed by atoms with Gasteiger partial charge in [0.25, 0.3) is 0 Å². The van der Waals surface area contributed by atoms with E-state index < -0.39 is 0 Å². The quantitative estimate of drug-likeness (QED) is 0.720. The highest BCUT2D eigenvalue weighted by atomic mass is 16.2. The van der Waals surface area contributed by atoms with Crippen LogP contribution in [0, 0.1) is 11.8 Å². The number of nitrogens with zero attached hydrogens (tertiary/aromatic N) is 1. The van der Waals surface area contributed by atoms with Crippen molar-refractivity contribution in [2.24, 2.45) is 11.8 Å². The van der Waals surface area contributed by atoms with Gasteiger partial charge < -0.3 is 10.2 Å². The first-order valence-electron chi connectivity index (χ1n) is 6.76. The summed E-state index contributed by atoms with van der Waals surface area (Å²) in [5.41, 5.74) is 0. The normalized spacial score (nSPS) is 26.7. The van der Waals surface area contributed by atoms with Gasteiger partial charge in [0.1, 0.15) is 0 Å². The summed E-state index contributed by atoms with van der Waals surface area (Å²) in [6, 6.07) is 0. The Morgan fingerprint density at radius 1 is 1.38 bits per heavy atom. The lowest BCUT2D eigenvalue weighted by Crippen LogP contribution is -2.36. The van der Waals surface area contributed by atoms with Gasteiger partial charge in [-0.1, -0.05) is 6.92 Å². The highest BCUT2D eigenvalue weighted by Crippen LogP contribution is 2.28. The van der Waals surface area contributed by atoms with Crippen molar-refractivity contribution >= 4 is 5.91 Å². The summed E-state index contributed by atoms with van der Waals surface area (Å²) >= 11 is 0. The molecule has 92 valence electrons. The van der Waals surface area contributed by atoms with Crippen molar-refractivity contribution in [2.75, 3.05) is 26.2 Å². The molecule has 1 saturated carbocycles. The lowest BCUT2D eigenvalue weighted by Gasteiger charge is -2.30. The smallest absolute Gasteiger partial charge is 0.223 e. The average molecular weight is 224 g/mol. The number of hydrogen-bond acceptors (Lipinski definition) is 2. The molecule has 1 saturated heterocycles. The number of hydrogen-bond donors (Lipinski definition) is 1. The Kier molecular flexibility index (Phi) is 4.22. The lowest BCUT2D eigenvalue weighted by molar-refractivity contribution is -0.122. The minimum absolute atomic E-state index is 0.284. The largest absolute Gasteiger partial charge is 0.356 e. The fraction of sp³-hybridized carbons (Fsp3) is 0.923. The molecule has 0 bridgehead atoms. The second-order valence-electron chi connectivity index (χ2n) is 5.47. The SMILES string of the molecule is C[C@H]1CCCN(CCCNC(=O)C2CC2)C1. The third-order valence-electron chi connectivity index (χ3n) is 3.64. The minimum Gasteiger partial charge on any atom is -0.356 e. The second kappa shape index (κ2) is 5.67. The van der Waals surface area contributed by atoms with E-state index in [1.807, 2.05) is 0 Å². The molecule has 1 aliphatic heterocycles. The Morgan fingerprint density at radius 2 is 2.19 bits per heavy atom. The van der Waals surface area contributed by atoms with Crippen LogP contribution < -0.4 is 5.32 Å². The Labute approximate surface area is 98.6 Å². The van der Waals surface area contributed by atoms with Crippen molar-refractivity contribution < 1.29 is 4.79 Å². The van der Waals surface area contributed by atoms with Crippen molar-refractivity contribution in [3.05, 3.63) is 0 Å². The molecule has 2 fully saturated rings. The third-order valence-corrected chi connectivity index (χ3v) is 3.64. The van der Waals surface area contributed by atoms with Crippen molar-refractivity contribution in [1.82, 2.24) is 10.2 Å². The molecule has 1 amide bonds. The summed E-state index contributed by atoms with van der Waals surface area (Å²) in [6.07, 6.45) is 6.04. The molecular weight excluding hydrogens is 200 g/mol. The van der Waals surface area contributed by atoms with Crippen LogP contribution in [0.3, 0.4) is 0 Å². The number of carbonyl (C=O) groups is 1. The van der Waals surface area contributed by atoms with E-state index in [-0.39, 0.29) is 5.91 Å². The molecule has 1 N–H and O–H groups in total. The molecule has 0 aromatic heterocycles. The monoisotopic (exact) mass is 224 g/mol. The number of nitrogens with one attached hydrogen (secondary N) is 1. The maximum absolute atomic E-state index is 11.4. The molecule has 1 heterocycles. The molecule has 0 spiro atoms. The summed E-state index contributed by atoms with van der Waals surface area (Å²) in [6.45, 7) is 6.84. The van der Waals surface area contributed by atoms with Crippen LogP contribution in [0.2, 0.25) is 0 Å². The molecule has 0 radical (unpaired) electrons. The van der Waals surface area contributed by atoms with Gasteiger partial charge in [-0.3, -0.25) is 4.79 Å². The van der Waals surface area contributed by atoms with E-state index in [1.165, 1.54) is 25.9 Å². The van der Waals surface area contributed by atoms with Crippen LogP contribution in [-0.2, 0) is 4.79 Å². The molecule has 2 rings (SSSR count). The van der Waals surface area contributed by atoms with E-state index in [2.05, 4.69) is 17.1 Å². The molecule has 0 unspecified atom stereocenters. The number of rotatable bonds is 5. The van der Waals surface area contributed by atoms with Crippen LogP contribution in [-0.4, -0.2) is 37.0 Å². The number of piperidine rings is 1. The standard InChI is InChI=1S/C13H24N2O/c1-11-4-2-8-15(10-11)9-3-7-14-13(16)12-5-6-12/h11-12H,2-10H2,1H3,(H,14,16)/t11-/m0/s1. The van der Waals surface area contributed by atoms with Crippen LogP contribution in [0.15, 0.2) is 0 Å². The molecule has 2 aliphatic rings. The molecule has 0 aromatic rings. The zero-order chi connectivity index (χ0) is 11.4. The molecule has 16 heavy (non-hydrogen) atoms. The van der Waals surface area contributed by atoms with Gasteiger partial charge in [-0.05, 0) is 51.1 Å². The van der Waals surface area contributed by atoms with Crippen LogP contribution in [0.25, 0.3) is 0 Å². The average Bonchev–Trinajstić information content (AvgIpc) is 3.08. The molecule has 3 nitrogen and oxygen atoms in total. The number of carbonyl (C=O) groups excluding carboxylic acids is 1. The summed E-state index contributed by atoms with van der Waals surface area (Å²) in [4.78, 5) is 13.9. The molecule has 0 aromatic carbocycles. The number of likely N-dealkylation sites (tertiary alicyclic amines) is 1. The van der Waals surface area contributed by atoms with E-state index in [9.17, 15) is 4.79 Å². The first-order valence-corrected chi connectivity index (χ1v) is 6.76. The maximum atomic E-state index is 11.4. The van der Waals surface area contributed by atoms with Gasteiger partial charge in [0.05, 0.1) is 0 Å². The highest BCUT2D eigenvalue weighted by Gasteiger charge is 2.29. The van der Waals surface area contributed by atoms with Crippen LogP contribution in [0.4, 0.5) is 0 Å². The zero-order valence-corrected chi connectivity index (χ0v) is 10.4. The Bertz CT molecular complexity index is 238. The Balaban J connectivity index is 1.51. The van der Waals surface area contributed by atoms with Crippen molar-refractivity contribution in [3.63, 3.8) is 0 Å². The predicted molar refractivity (Wildman–Crippen MR) is 65.2 cm³/mol. The zero-order valence-electron chi connectivity index (χ0n) is 10.4. The van der Waals surface area contributed by atoms with Gasteiger partial charge >= 0.3 is 0 Å². The fourth-order valence-electron chi connectivity index (χ4n) is 2.49. The van der Waals surface area contributed by atoms with Crippen LogP contribution in [0.1, 0.15) is 39.0 Å². The topological polar surface area (TPSA) is 32.3 Å². The molecule has 1 aliphatic carbocycles. The Morgan fingerprint density at radius 3 is 2.88 bits per heavy atom. The van der Waals surface area contributed by atoms with E-state index in [0.717, 1.165) is 38.3 Å². The van der Waals surface area contributed by atoms with Gasteiger partial charge in [-0.25, -0.2) is 0 Å². The first kappa shape index (κ1) is 11.9. The van der Waals surface area contributed by atoms with E-state index in [0.29, 0.717) is 5.92 Å². The van der Waals surface area contributed by atoms with Crippen molar-refractivity contribution in [3.8, 4) is 0 Å². The van der Waals surface area contributed by atoms with Gasteiger partial charge in [-0.15, -0.1) is 0 Å². The van der Waals surface area contributed by atoms with Gasteiger partial charge in [0.15, 0.2) is 0 Å². The molecular formula is C13H24N2O. The second-order valence-corrected chi connectivity index (χ2v) is 5.47. The predicted octanol–water partition coefficient (Wildman–Crippen LogP) is 1.63. The van der Waals surface area contributed by atoms with Gasteiger partial charge in [0, 0.05) is 19.0 Å². The fourth-order valence-corrected chi connectivity index (χ4v) is 2.49. The first-order chi connectivity index (χ1) is 7.75. The van der Waals surface area contributed by atoms with E-state index in [4.69, 9.17) is 0 Å². The van der Waals surface area contributed by atoms with E-state index in [1.54, 1.807) is 0 Å². The minimum atomic E-state index is 0.284.